The van der Waals surface area contributed by atoms with Gasteiger partial charge in [-0.15, -0.1) is 0 Å². The van der Waals surface area contributed by atoms with Crippen LogP contribution < -0.4 is 14.9 Å². The molecule has 0 bridgehead atoms. The molecular weight excluding hydrogens is 355 g/mol. The molecule has 26 heavy (non-hydrogen) atoms. The minimum Gasteiger partial charge on any atom is -0.493 e. The van der Waals surface area contributed by atoms with E-state index in [1.807, 2.05) is 0 Å². The quantitative estimate of drug-likeness (QED) is 0.471. The summed E-state index contributed by atoms with van der Waals surface area (Å²) in [5.74, 6) is 0.0858. The van der Waals surface area contributed by atoms with Gasteiger partial charge in [-0.2, -0.15) is 18.3 Å². The summed E-state index contributed by atoms with van der Waals surface area (Å²) in [5, 5.41) is 14.9. The number of halogens is 3. The molecule has 0 fully saturated rings. The van der Waals surface area contributed by atoms with Crippen LogP contribution in [0.25, 0.3) is 0 Å². The summed E-state index contributed by atoms with van der Waals surface area (Å²) in [6.07, 6.45) is -3.25. The lowest BCUT2D eigenvalue weighted by atomic mass is 10.2. The van der Waals surface area contributed by atoms with E-state index in [-0.39, 0.29) is 22.9 Å². The maximum absolute atomic E-state index is 12.7. The van der Waals surface area contributed by atoms with E-state index >= 15 is 0 Å². The topological polar surface area (TPSA) is 86.0 Å². The predicted octanol–water partition coefficient (Wildman–Crippen LogP) is 4.08. The highest BCUT2D eigenvalue weighted by atomic mass is 19.4. The summed E-state index contributed by atoms with van der Waals surface area (Å²) >= 11 is 0. The average molecular weight is 369 g/mol. The first-order chi connectivity index (χ1) is 12.3. The first-order valence-electron chi connectivity index (χ1n) is 7.13. The Balaban J connectivity index is 2.26. The van der Waals surface area contributed by atoms with Crippen molar-refractivity contribution in [2.24, 2.45) is 5.10 Å². The zero-order chi connectivity index (χ0) is 19.3. The van der Waals surface area contributed by atoms with E-state index in [1.165, 1.54) is 44.7 Å². The maximum atomic E-state index is 12.7. The van der Waals surface area contributed by atoms with Crippen LogP contribution in [0.3, 0.4) is 0 Å². The fourth-order valence-corrected chi connectivity index (χ4v) is 2.12. The van der Waals surface area contributed by atoms with Crippen molar-refractivity contribution < 1.29 is 27.6 Å². The van der Waals surface area contributed by atoms with E-state index < -0.39 is 16.7 Å². The Labute approximate surface area is 146 Å². The number of ether oxygens (including phenoxy) is 2. The monoisotopic (exact) mass is 369 g/mol. The Bertz CT molecular complexity index is 838. The maximum Gasteiger partial charge on any atom is 0.416 e. The van der Waals surface area contributed by atoms with Gasteiger partial charge in [-0.05, 0) is 24.3 Å². The van der Waals surface area contributed by atoms with Crippen molar-refractivity contribution in [1.82, 2.24) is 0 Å². The highest BCUT2D eigenvalue weighted by Gasteiger charge is 2.30. The normalized spacial score (nSPS) is 11.4. The van der Waals surface area contributed by atoms with Crippen molar-refractivity contribution in [3.8, 4) is 11.5 Å². The Kier molecular flexibility index (Phi) is 5.65. The van der Waals surface area contributed by atoms with Crippen LogP contribution in [0.15, 0.2) is 41.5 Å². The van der Waals surface area contributed by atoms with E-state index in [9.17, 15) is 23.3 Å². The van der Waals surface area contributed by atoms with E-state index in [2.05, 4.69) is 10.5 Å². The number of hydrazone groups is 1. The molecule has 2 aromatic rings. The fraction of sp³-hybridized carbons (Fsp3) is 0.188. The lowest BCUT2D eigenvalue weighted by molar-refractivity contribution is -0.385. The van der Waals surface area contributed by atoms with Crippen molar-refractivity contribution in [2.75, 3.05) is 19.6 Å². The van der Waals surface area contributed by atoms with E-state index in [0.717, 1.165) is 12.1 Å². The van der Waals surface area contributed by atoms with E-state index in [4.69, 9.17) is 9.47 Å². The van der Waals surface area contributed by atoms with Gasteiger partial charge in [0.15, 0.2) is 5.75 Å². The molecule has 7 nitrogen and oxygen atoms in total. The molecule has 2 rings (SSSR count). The van der Waals surface area contributed by atoms with Crippen molar-refractivity contribution in [1.29, 1.82) is 0 Å². The summed E-state index contributed by atoms with van der Waals surface area (Å²) in [6, 6.07) is 7.13. The summed E-state index contributed by atoms with van der Waals surface area (Å²) in [7, 11) is 2.59. The molecule has 10 heteroatoms. The number of nitro benzene ring substituents is 1. The minimum absolute atomic E-state index is 0.0412. The number of alkyl halides is 3. The summed E-state index contributed by atoms with van der Waals surface area (Å²) in [4.78, 5) is 10.5. The van der Waals surface area contributed by atoms with Crippen molar-refractivity contribution in [3.05, 3.63) is 57.6 Å². The molecule has 138 valence electrons. The SMILES string of the molecule is COc1cc(C=NNc2cccc(C(F)(F)F)c2)cc([N+](=O)[O-])c1OC. The number of hydrogen-bond donors (Lipinski definition) is 1. The van der Waals surface area contributed by atoms with E-state index in [1.54, 1.807) is 0 Å². The number of nitrogens with zero attached hydrogens (tertiary/aromatic N) is 2. The first-order valence-corrected chi connectivity index (χ1v) is 7.13. The third-order valence-electron chi connectivity index (χ3n) is 3.28. The molecule has 0 saturated heterocycles. The average Bonchev–Trinajstić information content (AvgIpc) is 2.60. The van der Waals surface area contributed by atoms with Crippen LogP contribution in [-0.4, -0.2) is 25.4 Å². The second kappa shape index (κ2) is 7.72. The Morgan fingerprint density at radius 1 is 1.19 bits per heavy atom. The van der Waals surface area contributed by atoms with Gasteiger partial charge in [0.2, 0.25) is 5.75 Å². The molecule has 0 aliphatic rings. The summed E-state index contributed by atoms with van der Waals surface area (Å²) in [5.41, 5.74) is 1.72. The Morgan fingerprint density at radius 2 is 1.92 bits per heavy atom. The molecule has 0 spiro atoms. The zero-order valence-corrected chi connectivity index (χ0v) is 13.7. The summed E-state index contributed by atoms with van der Waals surface area (Å²) < 4.78 is 48.0. The predicted molar refractivity (Wildman–Crippen MR) is 88.9 cm³/mol. The standard InChI is InChI=1S/C16H14F3N3O4/c1-25-14-7-10(6-13(22(23)24)15(14)26-2)9-20-21-12-5-3-4-11(8-12)16(17,18)19/h3-9,21H,1-2H3. The van der Waals surface area contributed by atoms with Crippen LogP contribution in [0, 0.1) is 10.1 Å². The van der Waals surface area contributed by atoms with Gasteiger partial charge in [0.05, 0.1) is 36.6 Å². The van der Waals surface area contributed by atoms with Crippen LogP contribution in [-0.2, 0) is 6.18 Å². The van der Waals surface area contributed by atoms with Gasteiger partial charge in [0.1, 0.15) is 0 Å². The molecule has 1 N–H and O–H groups in total. The van der Waals surface area contributed by atoms with Gasteiger partial charge in [-0.3, -0.25) is 15.5 Å². The molecule has 0 unspecified atom stereocenters. The van der Waals surface area contributed by atoms with Crippen molar-refractivity contribution in [3.63, 3.8) is 0 Å². The van der Waals surface area contributed by atoms with Crippen LogP contribution >= 0.6 is 0 Å². The molecule has 0 saturated carbocycles. The van der Waals surface area contributed by atoms with Crippen LogP contribution in [0.5, 0.6) is 11.5 Å². The third kappa shape index (κ3) is 4.41. The molecule has 0 aliphatic carbocycles. The van der Waals surface area contributed by atoms with Gasteiger partial charge >= 0.3 is 11.9 Å². The summed E-state index contributed by atoms with van der Waals surface area (Å²) in [6.45, 7) is 0. The third-order valence-corrected chi connectivity index (χ3v) is 3.28. The van der Waals surface area contributed by atoms with Crippen LogP contribution in [0.4, 0.5) is 24.5 Å². The molecule has 0 aliphatic heterocycles. The van der Waals surface area contributed by atoms with Gasteiger partial charge in [0.25, 0.3) is 0 Å². The fourth-order valence-electron chi connectivity index (χ4n) is 2.12. The lowest BCUT2D eigenvalue weighted by Crippen LogP contribution is -2.05. The second-order valence-corrected chi connectivity index (χ2v) is 4.98. The molecule has 0 amide bonds. The molecule has 2 aromatic carbocycles. The Morgan fingerprint density at radius 3 is 2.50 bits per heavy atom. The minimum atomic E-state index is -4.47. The Hall–Kier alpha value is -3.30. The van der Waals surface area contributed by atoms with Gasteiger partial charge in [0, 0.05) is 11.6 Å². The van der Waals surface area contributed by atoms with Gasteiger partial charge < -0.3 is 9.47 Å². The van der Waals surface area contributed by atoms with Crippen molar-refractivity contribution >= 4 is 17.6 Å². The lowest BCUT2D eigenvalue weighted by Gasteiger charge is -2.09. The molecule has 0 aromatic heterocycles. The highest BCUT2D eigenvalue weighted by molar-refractivity contribution is 5.83. The number of anilines is 1. The smallest absolute Gasteiger partial charge is 0.416 e. The number of nitro groups is 1. The van der Waals surface area contributed by atoms with Crippen LogP contribution in [0.1, 0.15) is 11.1 Å². The molecule has 0 heterocycles. The largest absolute Gasteiger partial charge is 0.493 e. The van der Waals surface area contributed by atoms with E-state index in [0.29, 0.717) is 5.56 Å². The molecule has 0 radical (unpaired) electrons. The highest BCUT2D eigenvalue weighted by Crippen LogP contribution is 2.37. The zero-order valence-electron chi connectivity index (χ0n) is 13.7. The first kappa shape index (κ1) is 19.0. The number of methoxy groups -OCH3 is 2. The molecule has 0 atom stereocenters. The number of rotatable bonds is 6. The second-order valence-electron chi connectivity index (χ2n) is 4.98. The number of benzene rings is 2. The van der Waals surface area contributed by atoms with Crippen molar-refractivity contribution in [2.45, 2.75) is 6.18 Å². The van der Waals surface area contributed by atoms with Crippen LogP contribution in [0.2, 0.25) is 0 Å². The number of hydrogen-bond acceptors (Lipinski definition) is 6. The van der Waals surface area contributed by atoms with Gasteiger partial charge in [-0.1, -0.05) is 6.07 Å². The molecular formula is C16H14F3N3O4. The number of nitrogens with one attached hydrogen (secondary N) is 1. The van der Waals surface area contributed by atoms with Gasteiger partial charge in [-0.25, -0.2) is 0 Å².